The molecular weight excluding hydrogens is 368 g/mol. The van der Waals surface area contributed by atoms with E-state index in [1.807, 2.05) is 0 Å². The number of ether oxygens (including phenoxy) is 1. The Hall–Kier alpha value is -4.01. The number of aromatic hydroxyl groups is 2. The number of amides is 2. The van der Waals surface area contributed by atoms with Crippen LogP contribution in [0.25, 0.3) is 11.0 Å². The van der Waals surface area contributed by atoms with Gasteiger partial charge in [0.2, 0.25) is 11.3 Å². The zero-order valence-electron chi connectivity index (χ0n) is 14.6. The van der Waals surface area contributed by atoms with Gasteiger partial charge < -0.3 is 30.8 Å². The van der Waals surface area contributed by atoms with Crippen LogP contribution >= 0.6 is 0 Å². The first-order chi connectivity index (χ1) is 13.2. The predicted octanol–water partition coefficient (Wildman–Crippen LogP) is 0.929. The Balaban J connectivity index is 2.39. The normalized spacial score (nSPS) is 11.9. The SMILES string of the molecule is COc1cc2c(=O)c(C(N)=O)c(C(C(N)=O)c3ccc(O)cc3)oc2cc1O. The maximum absolute atomic E-state index is 12.9. The molecule has 0 bridgehead atoms. The van der Waals surface area contributed by atoms with Crippen molar-refractivity contribution in [3.63, 3.8) is 0 Å². The van der Waals surface area contributed by atoms with Gasteiger partial charge in [0, 0.05) is 6.07 Å². The summed E-state index contributed by atoms with van der Waals surface area (Å²) in [5, 5.41) is 19.4. The van der Waals surface area contributed by atoms with Gasteiger partial charge >= 0.3 is 0 Å². The Bertz CT molecular complexity index is 1150. The van der Waals surface area contributed by atoms with Crippen LogP contribution in [0.5, 0.6) is 17.2 Å². The number of carbonyl (C=O) groups excluding carboxylic acids is 2. The van der Waals surface area contributed by atoms with E-state index in [1.54, 1.807) is 0 Å². The van der Waals surface area contributed by atoms with E-state index < -0.39 is 28.7 Å². The number of methoxy groups -OCH3 is 1. The summed E-state index contributed by atoms with van der Waals surface area (Å²) in [4.78, 5) is 37.1. The molecule has 144 valence electrons. The highest BCUT2D eigenvalue weighted by molar-refractivity contribution is 5.99. The molecule has 0 radical (unpaired) electrons. The quantitative estimate of drug-likeness (QED) is 0.507. The number of carbonyl (C=O) groups is 2. The molecular formula is C19H16N2O7. The first-order valence-corrected chi connectivity index (χ1v) is 8.00. The number of phenolic OH excluding ortho intramolecular Hbond substituents is 2. The third-order valence-corrected chi connectivity index (χ3v) is 4.24. The molecule has 2 aromatic carbocycles. The summed E-state index contributed by atoms with van der Waals surface area (Å²) in [6, 6.07) is 7.73. The minimum absolute atomic E-state index is 0.00652. The van der Waals surface area contributed by atoms with Gasteiger partial charge in [0.1, 0.15) is 28.6 Å². The van der Waals surface area contributed by atoms with Crippen LogP contribution in [-0.2, 0) is 4.79 Å². The molecule has 0 aliphatic rings. The van der Waals surface area contributed by atoms with Crippen molar-refractivity contribution in [3.05, 3.63) is 63.5 Å². The van der Waals surface area contributed by atoms with E-state index in [4.69, 9.17) is 20.6 Å². The lowest BCUT2D eigenvalue weighted by Gasteiger charge is -2.16. The lowest BCUT2D eigenvalue weighted by atomic mass is 9.91. The summed E-state index contributed by atoms with van der Waals surface area (Å²) in [6.45, 7) is 0. The Morgan fingerprint density at radius 2 is 1.75 bits per heavy atom. The molecule has 6 N–H and O–H groups in total. The standard InChI is InChI=1S/C19H16N2O7/c1-27-13-6-10-12(7-11(13)23)28-17(15(16(10)24)19(21)26)14(18(20)25)8-2-4-9(22)5-3-8/h2-7,14,22-23H,1H3,(H2,20,25)(H2,21,26). The summed E-state index contributed by atoms with van der Waals surface area (Å²) >= 11 is 0. The maximum Gasteiger partial charge on any atom is 0.256 e. The van der Waals surface area contributed by atoms with E-state index in [2.05, 4.69) is 0 Å². The fourth-order valence-electron chi connectivity index (χ4n) is 2.94. The van der Waals surface area contributed by atoms with Crippen LogP contribution in [0.2, 0.25) is 0 Å². The van der Waals surface area contributed by atoms with Gasteiger partial charge in [-0.2, -0.15) is 0 Å². The first kappa shape index (κ1) is 18.8. The molecule has 9 nitrogen and oxygen atoms in total. The molecule has 1 heterocycles. The Morgan fingerprint density at radius 1 is 1.11 bits per heavy atom. The van der Waals surface area contributed by atoms with E-state index in [0.29, 0.717) is 0 Å². The molecule has 2 amide bonds. The van der Waals surface area contributed by atoms with Gasteiger partial charge in [-0.05, 0) is 23.8 Å². The van der Waals surface area contributed by atoms with Gasteiger partial charge in [-0.3, -0.25) is 14.4 Å². The molecule has 3 rings (SSSR count). The lowest BCUT2D eigenvalue weighted by Crippen LogP contribution is -2.30. The van der Waals surface area contributed by atoms with Crippen LogP contribution in [0, 0.1) is 0 Å². The zero-order valence-corrected chi connectivity index (χ0v) is 14.6. The lowest BCUT2D eigenvalue weighted by molar-refractivity contribution is -0.118. The molecule has 0 saturated heterocycles. The van der Waals surface area contributed by atoms with Crippen molar-refractivity contribution in [2.45, 2.75) is 5.92 Å². The van der Waals surface area contributed by atoms with Crippen molar-refractivity contribution in [3.8, 4) is 17.2 Å². The number of rotatable bonds is 5. The predicted molar refractivity (Wildman–Crippen MR) is 98.4 cm³/mol. The molecule has 3 aromatic rings. The van der Waals surface area contributed by atoms with Crippen LogP contribution in [0.4, 0.5) is 0 Å². The molecule has 1 aromatic heterocycles. The Labute approximate surface area is 157 Å². The van der Waals surface area contributed by atoms with E-state index >= 15 is 0 Å². The number of hydrogen-bond donors (Lipinski definition) is 4. The number of hydrogen-bond acceptors (Lipinski definition) is 7. The third-order valence-electron chi connectivity index (χ3n) is 4.24. The van der Waals surface area contributed by atoms with Crippen LogP contribution in [-0.4, -0.2) is 29.1 Å². The van der Waals surface area contributed by atoms with Gasteiger partial charge in [-0.25, -0.2) is 0 Å². The smallest absolute Gasteiger partial charge is 0.256 e. The number of phenols is 2. The minimum Gasteiger partial charge on any atom is -0.508 e. The molecule has 9 heteroatoms. The largest absolute Gasteiger partial charge is 0.508 e. The second kappa shape index (κ2) is 6.95. The molecule has 0 aliphatic carbocycles. The van der Waals surface area contributed by atoms with Crippen LogP contribution in [0.15, 0.2) is 45.6 Å². The number of primary amides is 2. The molecule has 1 unspecified atom stereocenters. The number of fused-ring (bicyclic) bond motifs is 1. The second-order valence-corrected chi connectivity index (χ2v) is 5.98. The van der Waals surface area contributed by atoms with Crippen molar-refractivity contribution in [2.75, 3.05) is 7.11 Å². The average molecular weight is 384 g/mol. The Kier molecular flexibility index (Phi) is 4.66. The van der Waals surface area contributed by atoms with Gasteiger partial charge in [0.25, 0.3) is 5.91 Å². The highest BCUT2D eigenvalue weighted by Gasteiger charge is 2.31. The maximum atomic E-state index is 12.9. The molecule has 1 atom stereocenters. The fraction of sp³-hybridized carbons (Fsp3) is 0.105. The molecule has 0 aliphatic heterocycles. The summed E-state index contributed by atoms with van der Waals surface area (Å²) < 4.78 is 10.6. The van der Waals surface area contributed by atoms with Crippen molar-refractivity contribution in [2.24, 2.45) is 11.5 Å². The van der Waals surface area contributed by atoms with E-state index in [0.717, 1.165) is 6.07 Å². The van der Waals surface area contributed by atoms with E-state index in [9.17, 15) is 24.6 Å². The van der Waals surface area contributed by atoms with Crippen molar-refractivity contribution in [1.29, 1.82) is 0 Å². The van der Waals surface area contributed by atoms with Gasteiger partial charge in [-0.1, -0.05) is 12.1 Å². The molecule has 0 saturated carbocycles. The third kappa shape index (κ3) is 3.09. The summed E-state index contributed by atoms with van der Waals surface area (Å²) in [5.74, 6) is -4.07. The highest BCUT2D eigenvalue weighted by Crippen LogP contribution is 2.34. The minimum atomic E-state index is -1.33. The van der Waals surface area contributed by atoms with E-state index in [1.165, 1.54) is 37.4 Å². The number of nitrogens with two attached hydrogens (primary N) is 2. The van der Waals surface area contributed by atoms with Crippen LogP contribution in [0.1, 0.15) is 27.6 Å². The van der Waals surface area contributed by atoms with Crippen LogP contribution < -0.4 is 21.6 Å². The fourth-order valence-corrected chi connectivity index (χ4v) is 2.94. The monoisotopic (exact) mass is 384 g/mol. The van der Waals surface area contributed by atoms with Crippen molar-refractivity contribution in [1.82, 2.24) is 0 Å². The topological polar surface area (TPSA) is 166 Å². The first-order valence-electron chi connectivity index (χ1n) is 8.00. The van der Waals surface area contributed by atoms with Crippen molar-refractivity contribution < 1.29 is 29.0 Å². The van der Waals surface area contributed by atoms with Gasteiger partial charge in [-0.15, -0.1) is 0 Å². The van der Waals surface area contributed by atoms with Gasteiger partial charge in [0.15, 0.2) is 11.5 Å². The summed E-state index contributed by atoms with van der Waals surface area (Å²) in [5.41, 5.74) is 9.71. The van der Waals surface area contributed by atoms with Crippen LogP contribution in [0.3, 0.4) is 0 Å². The highest BCUT2D eigenvalue weighted by atomic mass is 16.5. The number of benzene rings is 2. The Morgan fingerprint density at radius 3 is 2.29 bits per heavy atom. The van der Waals surface area contributed by atoms with Gasteiger partial charge in [0.05, 0.1) is 12.5 Å². The van der Waals surface area contributed by atoms with E-state index in [-0.39, 0.29) is 39.5 Å². The molecule has 28 heavy (non-hydrogen) atoms. The zero-order chi connectivity index (χ0) is 20.6. The molecule has 0 fully saturated rings. The average Bonchev–Trinajstić information content (AvgIpc) is 2.62. The summed E-state index contributed by atoms with van der Waals surface area (Å²) in [7, 11) is 1.29. The summed E-state index contributed by atoms with van der Waals surface area (Å²) in [6.07, 6.45) is 0. The molecule has 0 spiro atoms. The second-order valence-electron chi connectivity index (χ2n) is 5.98. The van der Waals surface area contributed by atoms with Crippen molar-refractivity contribution >= 4 is 22.8 Å².